The zero-order valence-corrected chi connectivity index (χ0v) is 25.1. The van der Waals surface area contributed by atoms with Gasteiger partial charge in [0.15, 0.2) is 0 Å². The first-order chi connectivity index (χ1) is 20.0. The molecule has 1 aromatic carbocycles. The van der Waals surface area contributed by atoms with Crippen LogP contribution in [0.5, 0.6) is 0 Å². The third kappa shape index (κ3) is 7.14. The third-order valence-electron chi connectivity index (χ3n) is 8.01. The van der Waals surface area contributed by atoms with Crippen LogP contribution < -0.4 is 21.4 Å². The molecule has 1 fully saturated rings. The van der Waals surface area contributed by atoms with E-state index in [2.05, 4.69) is 26.4 Å². The maximum atomic E-state index is 13.3. The average molecular weight is 579 g/mol. The topological polar surface area (TPSA) is 142 Å². The number of pyridine rings is 1. The highest BCUT2D eigenvalue weighted by Crippen LogP contribution is 2.22. The lowest BCUT2D eigenvalue weighted by Gasteiger charge is -2.35. The van der Waals surface area contributed by atoms with Crippen LogP contribution in [0.25, 0.3) is 16.8 Å². The molecule has 4 rings (SSSR count). The van der Waals surface area contributed by atoms with Crippen molar-refractivity contribution >= 4 is 40.5 Å². The molecule has 0 unspecified atom stereocenters. The highest BCUT2D eigenvalue weighted by Gasteiger charge is 2.34. The molecule has 4 amide bonds. The van der Waals surface area contributed by atoms with E-state index in [9.17, 15) is 19.2 Å². The Kier molecular flexibility index (Phi) is 9.95. The Hall–Kier alpha value is -3.83. The van der Waals surface area contributed by atoms with Crippen molar-refractivity contribution in [1.82, 2.24) is 31.4 Å². The molecule has 0 radical (unpaired) electrons. The van der Waals surface area contributed by atoms with Gasteiger partial charge in [-0.3, -0.25) is 29.2 Å². The Morgan fingerprint density at radius 3 is 2.38 bits per heavy atom. The number of methoxy groups -OCH3 is 1. The fourth-order valence-electron chi connectivity index (χ4n) is 5.28. The molecule has 0 saturated carbocycles. The molecule has 6 atom stereocenters. The number of benzene rings is 1. The molecule has 5 bridgehead atoms. The standard InChI is InChI=1S/C31H42N6O5/c1-17(2)27-30(40)34-20(5)31(41)37-13-7-8-25(36-37)29(39)33-19(4)21-9-10-22-16-32-24(15-23(22)14-21)11-12-26(42-6)18(3)28(38)35-27/h9-12,14-20,25-27,36H,7-8,13H2,1-6H3,(H,33,39)(H,34,40)(H,35,38)/t18-,19-,20+,25+,26-,27+/m1/s1. The van der Waals surface area contributed by atoms with Gasteiger partial charge in [-0.05, 0) is 61.8 Å². The Bertz CT molecular complexity index is 1360. The van der Waals surface area contributed by atoms with E-state index >= 15 is 0 Å². The number of hydrogen-bond acceptors (Lipinski definition) is 7. The smallest absolute Gasteiger partial charge is 0.258 e. The van der Waals surface area contributed by atoms with E-state index in [1.165, 1.54) is 12.1 Å². The molecule has 11 nitrogen and oxygen atoms in total. The van der Waals surface area contributed by atoms with Crippen LogP contribution in [-0.2, 0) is 23.9 Å². The van der Waals surface area contributed by atoms with Gasteiger partial charge in [0.25, 0.3) is 5.91 Å². The maximum Gasteiger partial charge on any atom is 0.258 e. The second-order valence-corrected chi connectivity index (χ2v) is 11.6. The van der Waals surface area contributed by atoms with E-state index in [1.54, 1.807) is 26.1 Å². The number of amides is 4. The number of carbonyl (C=O) groups is 4. The normalized spacial score (nSPS) is 28.3. The highest BCUT2D eigenvalue weighted by molar-refractivity contribution is 5.93. The van der Waals surface area contributed by atoms with Gasteiger partial charge in [-0.25, -0.2) is 5.43 Å². The van der Waals surface area contributed by atoms with Gasteiger partial charge in [-0.15, -0.1) is 0 Å². The molecule has 4 N–H and O–H groups in total. The molecule has 11 heteroatoms. The summed E-state index contributed by atoms with van der Waals surface area (Å²) in [6.07, 6.45) is 6.00. The number of ether oxygens (including phenoxy) is 1. The van der Waals surface area contributed by atoms with Gasteiger partial charge >= 0.3 is 0 Å². The molecule has 3 heterocycles. The minimum absolute atomic E-state index is 0.209. The minimum atomic E-state index is -0.873. The summed E-state index contributed by atoms with van der Waals surface area (Å²) in [7, 11) is 1.53. The second kappa shape index (κ2) is 13.4. The van der Waals surface area contributed by atoms with Crippen molar-refractivity contribution < 1.29 is 23.9 Å². The number of hydrogen-bond donors (Lipinski definition) is 4. The molecule has 2 aliphatic rings. The third-order valence-corrected chi connectivity index (χ3v) is 8.01. The summed E-state index contributed by atoms with van der Waals surface area (Å²) in [6.45, 7) is 9.32. The monoisotopic (exact) mass is 578 g/mol. The van der Waals surface area contributed by atoms with Crippen molar-refractivity contribution in [1.29, 1.82) is 0 Å². The van der Waals surface area contributed by atoms with Gasteiger partial charge in [0.2, 0.25) is 17.7 Å². The van der Waals surface area contributed by atoms with Crippen molar-refractivity contribution in [2.75, 3.05) is 13.7 Å². The molecule has 1 saturated heterocycles. The van der Waals surface area contributed by atoms with Crippen LogP contribution in [0.2, 0.25) is 0 Å². The summed E-state index contributed by atoms with van der Waals surface area (Å²) in [5.41, 5.74) is 4.67. The molecule has 2 aromatic rings. The van der Waals surface area contributed by atoms with E-state index in [4.69, 9.17) is 4.74 Å². The van der Waals surface area contributed by atoms with Crippen LogP contribution in [0.3, 0.4) is 0 Å². The molecule has 2 aliphatic heterocycles. The average Bonchev–Trinajstić information content (AvgIpc) is 2.98. The largest absolute Gasteiger partial charge is 0.377 e. The van der Waals surface area contributed by atoms with Crippen LogP contribution in [0.4, 0.5) is 0 Å². The summed E-state index contributed by atoms with van der Waals surface area (Å²) >= 11 is 0. The lowest BCUT2D eigenvalue weighted by atomic mass is 9.98. The number of fused-ring (bicyclic) bond motifs is 4. The Balaban J connectivity index is 1.68. The SMILES string of the molecule is CO[C@@H]1C=Cc2cc3cc(ccc3cn2)[C@@H](C)NC(=O)[C@@H]2CCCN(N2)C(=O)[C@H](C)NC(=O)[C@H](C(C)C)NC(=O)[C@@H]1C. The van der Waals surface area contributed by atoms with Gasteiger partial charge in [-0.1, -0.05) is 39.0 Å². The highest BCUT2D eigenvalue weighted by atomic mass is 16.5. The van der Waals surface area contributed by atoms with Crippen LogP contribution in [0.15, 0.2) is 36.5 Å². The van der Waals surface area contributed by atoms with Crippen molar-refractivity contribution in [3.05, 3.63) is 47.8 Å². The van der Waals surface area contributed by atoms with Crippen molar-refractivity contribution in [3.8, 4) is 0 Å². The molecular weight excluding hydrogens is 536 g/mol. The molecule has 0 spiro atoms. The van der Waals surface area contributed by atoms with Gasteiger partial charge in [0, 0.05) is 25.2 Å². The summed E-state index contributed by atoms with van der Waals surface area (Å²) in [5.74, 6) is -2.22. The van der Waals surface area contributed by atoms with E-state index in [0.29, 0.717) is 25.1 Å². The van der Waals surface area contributed by atoms with Crippen LogP contribution in [0.1, 0.15) is 64.8 Å². The van der Waals surface area contributed by atoms with Crippen molar-refractivity contribution in [3.63, 3.8) is 0 Å². The van der Waals surface area contributed by atoms with Crippen LogP contribution in [-0.4, -0.2) is 71.5 Å². The molecular formula is C31H42N6O5. The van der Waals surface area contributed by atoms with Gasteiger partial charge < -0.3 is 20.7 Å². The Labute approximate surface area is 246 Å². The number of carbonyl (C=O) groups excluding carboxylic acids is 4. The van der Waals surface area contributed by atoms with E-state index in [0.717, 1.165) is 16.3 Å². The lowest BCUT2D eigenvalue weighted by molar-refractivity contribution is -0.143. The first-order valence-corrected chi connectivity index (χ1v) is 14.6. The minimum Gasteiger partial charge on any atom is -0.377 e. The number of aromatic nitrogens is 1. The number of rotatable bonds is 2. The number of nitrogens with zero attached hydrogens (tertiary/aromatic N) is 2. The first kappa shape index (κ1) is 31.1. The maximum absolute atomic E-state index is 13.3. The summed E-state index contributed by atoms with van der Waals surface area (Å²) in [4.78, 5) is 57.5. The van der Waals surface area contributed by atoms with Crippen LogP contribution in [0, 0.1) is 11.8 Å². The van der Waals surface area contributed by atoms with E-state index in [-0.39, 0.29) is 29.7 Å². The van der Waals surface area contributed by atoms with E-state index < -0.39 is 36.1 Å². The lowest BCUT2D eigenvalue weighted by Crippen LogP contribution is -2.62. The zero-order valence-electron chi connectivity index (χ0n) is 25.1. The zero-order chi connectivity index (χ0) is 30.6. The first-order valence-electron chi connectivity index (χ1n) is 14.6. The predicted octanol–water partition coefficient (Wildman–Crippen LogP) is 2.23. The quantitative estimate of drug-likeness (QED) is 0.428. The summed E-state index contributed by atoms with van der Waals surface area (Å²) in [6, 6.07) is 5.30. The van der Waals surface area contributed by atoms with Crippen molar-refractivity contribution in [2.45, 2.75) is 77.7 Å². The van der Waals surface area contributed by atoms with Gasteiger partial charge in [0.05, 0.1) is 23.8 Å². The van der Waals surface area contributed by atoms with Crippen molar-refractivity contribution in [2.24, 2.45) is 11.8 Å². The second-order valence-electron chi connectivity index (χ2n) is 11.6. The number of hydrazine groups is 1. The predicted molar refractivity (Wildman–Crippen MR) is 160 cm³/mol. The van der Waals surface area contributed by atoms with Crippen LogP contribution >= 0.6 is 0 Å². The number of nitrogens with one attached hydrogen (secondary N) is 4. The summed E-state index contributed by atoms with van der Waals surface area (Å²) in [5, 5.41) is 12.0. The Morgan fingerprint density at radius 2 is 1.67 bits per heavy atom. The summed E-state index contributed by atoms with van der Waals surface area (Å²) < 4.78 is 5.61. The van der Waals surface area contributed by atoms with Gasteiger partial charge in [0.1, 0.15) is 18.1 Å². The van der Waals surface area contributed by atoms with E-state index in [1.807, 2.05) is 51.1 Å². The molecule has 1 aromatic heterocycles. The van der Waals surface area contributed by atoms with Gasteiger partial charge in [-0.2, -0.15) is 0 Å². The molecule has 226 valence electrons. The molecule has 0 aliphatic carbocycles. The Morgan fingerprint density at radius 1 is 0.929 bits per heavy atom. The fraction of sp³-hybridized carbons (Fsp3) is 0.516. The molecule has 42 heavy (non-hydrogen) atoms. The fourth-order valence-corrected chi connectivity index (χ4v) is 5.28.